The van der Waals surface area contributed by atoms with Crippen LogP contribution in [0.1, 0.15) is 25.7 Å². The molecule has 100 valence electrons. The molecular weight excluding hydrogens is 221 g/mol. The molecule has 0 saturated carbocycles. The Labute approximate surface area is 104 Å². The molecule has 0 spiro atoms. The average molecular weight is 245 g/mol. The number of hydrogen-bond acceptors (Lipinski definition) is 5. The van der Waals surface area contributed by atoms with Gasteiger partial charge in [-0.05, 0) is 39.8 Å². The molecule has 1 saturated heterocycles. The number of hydrogen-bond donors (Lipinski definition) is 1. The van der Waals surface area contributed by atoms with Gasteiger partial charge in [-0.1, -0.05) is 0 Å². The summed E-state index contributed by atoms with van der Waals surface area (Å²) in [5.41, 5.74) is 0. The molecule has 0 bridgehead atoms. The van der Waals surface area contributed by atoms with E-state index >= 15 is 0 Å². The predicted octanol–water partition coefficient (Wildman–Crippen LogP) is 0.518. The van der Waals surface area contributed by atoms with Crippen LogP contribution in [0.4, 0.5) is 0 Å². The average Bonchev–Trinajstić information content (AvgIpc) is 2.29. The van der Waals surface area contributed by atoms with E-state index in [1.54, 1.807) is 0 Å². The number of likely N-dealkylation sites (N-methyl/N-ethyl adjacent to an activating group) is 1. The van der Waals surface area contributed by atoms with Gasteiger partial charge < -0.3 is 24.0 Å². The Kier molecular flexibility index (Phi) is 7.80. The van der Waals surface area contributed by atoms with E-state index in [1.807, 2.05) is 14.1 Å². The van der Waals surface area contributed by atoms with Crippen LogP contribution in [0.3, 0.4) is 0 Å². The molecule has 1 rings (SSSR count). The van der Waals surface area contributed by atoms with Crippen molar-refractivity contribution in [1.29, 1.82) is 0 Å². The summed E-state index contributed by atoms with van der Waals surface area (Å²) in [7, 11) is 3.50. The Hall–Kier alpha value is -0.135. The summed E-state index contributed by atoms with van der Waals surface area (Å²) in [5.74, 6) is 0. The zero-order chi connectivity index (χ0) is 12.5. The number of nitrogens with zero attached hydrogens (tertiary/aromatic N) is 1. The van der Waals surface area contributed by atoms with Crippen molar-refractivity contribution in [3.05, 3.63) is 0 Å². The summed E-state index contributed by atoms with van der Waals surface area (Å²) >= 11 is 0. The first-order chi connectivity index (χ1) is 8.22. The largest absolute Gasteiger partial charge is 0.639 e. The number of rotatable bonds is 8. The van der Waals surface area contributed by atoms with Crippen LogP contribution < -0.4 is 0 Å². The van der Waals surface area contributed by atoms with E-state index in [0.29, 0.717) is 13.2 Å². The van der Waals surface area contributed by atoms with E-state index in [9.17, 15) is 0 Å². The Balaban J connectivity index is 2.10. The fourth-order valence-electron chi connectivity index (χ4n) is 1.68. The molecule has 1 unspecified atom stereocenters. The van der Waals surface area contributed by atoms with Crippen LogP contribution in [0.15, 0.2) is 0 Å². The molecule has 0 aromatic rings. The zero-order valence-electron chi connectivity index (χ0n) is 10.9. The lowest BCUT2D eigenvalue weighted by molar-refractivity contribution is 0.00116. The molecule has 0 aromatic heterocycles. The molecule has 0 aromatic carbocycles. The number of aliphatic hydroxyl groups excluding tert-OH is 1. The molecule has 1 N–H and O–H groups in total. The van der Waals surface area contributed by atoms with Crippen LogP contribution in [0.25, 0.3) is 0 Å². The Morgan fingerprint density at radius 2 is 2.24 bits per heavy atom. The topological polar surface area (TPSA) is 51.2 Å². The van der Waals surface area contributed by atoms with Crippen LogP contribution in [0.2, 0.25) is 0 Å². The molecule has 1 heterocycles. The minimum atomic E-state index is -0.511. The predicted molar refractivity (Wildman–Crippen MR) is 66.6 cm³/mol. The molecule has 0 radical (unpaired) electrons. The van der Waals surface area contributed by atoms with E-state index in [1.165, 1.54) is 0 Å². The standard InChI is InChI=1S/C11H24BNO4/c1-13(2)7-10-16-12-15-9-6-11(17-12)5-3-4-8-14/h11,14H,3-10H2,1-2H3. The number of unbranched alkanes of at least 4 members (excludes halogenated alkanes) is 1. The van der Waals surface area contributed by atoms with Gasteiger partial charge in [0, 0.05) is 32.5 Å². The fourth-order valence-corrected chi connectivity index (χ4v) is 1.68. The number of aliphatic hydroxyl groups is 1. The second-order valence-corrected chi connectivity index (χ2v) is 4.60. The van der Waals surface area contributed by atoms with Gasteiger partial charge in [0.05, 0.1) is 0 Å². The third-order valence-electron chi connectivity index (χ3n) is 2.72. The minimum Gasteiger partial charge on any atom is -0.396 e. The lowest BCUT2D eigenvalue weighted by Crippen LogP contribution is -2.39. The molecule has 6 heteroatoms. The second kappa shape index (κ2) is 8.88. The second-order valence-electron chi connectivity index (χ2n) is 4.60. The molecule has 1 aliphatic rings. The van der Waals surface area contributed by atoms with Gasteiger partial charge in [-0.2, -0.15) is 0 Å². The molecule has 1 aliphatic heterocycles. The van der Waals surface area contributed by atoms with Crippen LogP contribution >= 0.6 is 0 Å². The van der Waals surface area contributed by atoms with Crippen molar-refractivity contribution in [2.75, 3.05) is 40.5 Å². The van der Waals surface area contributed by atoms with E-state index in [0.717, 1.165) is 32.2 Å². The maximum Gasteiger partial charge on any atom is 0.639 e. The highest BCUT2D eigenvalue weighted by atomic mass is 16.7. The quantitative estimate of drug-likeness (QED) is 0.499. The third-order valence-corrected chi connectivity index (χ3v) is 2.72. The van der Waals surface area contributed by atoms with Crippen LogP contribution in [0.5, 0.6) is 0 Å². The third kappa shape index (κ3) is 7.01. The first-order valence-corrected chi connectivity index (χ1v) is 6.36. The summed E-state index contributed by atoms with van der Waals surface area (Å²) in [6, 6.07) is 0. The first-order valence-electron chi connectivity index (χ1n) is 6.36. The van der Waals surface area contributed by atoms with Crippen LogP contribution in [0, 0.1) is 0 Å². The van der Waals surface area contributed by atoms with E-state index in [-0.39, 0.29) is 12.7 Å². The Morgan fingerprint density at radius 3 is 2.94 bits per heavy atom. The SMILES string of the molecule is CN(C)CCOB1OCCC(CCCCO)O1. The van der Waals surface area contributed by atoms with Gasteiger partial charge in [-0.3, -0.25) is 0 Å². The summed E-state index contributed by atoms with van der Waals surface area (Å²) < 4.78 is 16.5. The Morgan fingerprint density at radius 1 is 1.41 bits per heavy atom. The highest BCUT2D eigenvalue weighted by molar-refractivity contribution is 6.36. The van der Waals surface area contributed by atoms with Crippen molar-refractivity contribution < 1.29 is 19.1 Å². The summed E-state index contributed by atoms with van der Waals surface area (Å²) in [4.78, 5) is 2.06. The van der Waals surface area contributed by atoms with E-state index in [2.05, 4.69) is 4.90 Å². The van der Waals surface area contributed by atoms with Gasteiger partial charge in [-0.25, -0.2) is 0 Å². The lowest BCUT2D eigenvalue weighted by atomic mass is 10.0. The molecule has 17 heavy (non-hydrogen) atoms. The zero-order valence-corrected chi connectivity index (χ0v) is 10.9. The normalized spacial score (nSPS) is 21.2. The van der Waals surface area contributed by atoms with Gasteiger partial charge in [0.15, 0.2) is 0 Å². The summed E-state index contributed by atoms with van der Waals surface area (Å²) in [6.07, 6.45) is 3.93. The van der Waals surface area contributed by atoms with E-state index in [4.69, 9.17) is 19.1 Å². The highest BCUT2D eigenvalue weighted by Crippen LogP contribution is 2.16. The first kappa shape index (κ1) is 14.9. The molecular formula is C11H24BNO4. The highest BCUT2D eigenvalue weighted by Gasteiger charge is 2.30. The van der Waals surface area contributed by atoms with Crippen molar-refractivity contribution in [2.45, 2.75) is 31.8 Å². The van der Waals surface area contributed by atoms with Crippen molar-refractivity contribution in [1.82, 2.24) is 4.90 Å². The molecule has 0 aliphatic carbocycles. The summed E-state index contributed by atoms with van der Waals surface area (Å²) in [6.45, 7) is 2.42. The van der Waals surface area contributed by atoms with Crippen LogP contribution in [-0.2, 0) is 14.0 Å². The fraction of sp³-hybridized carbons (Fsp3) is 1.00. The Bertz CT molecular complexity index is 194. The minimum absolute atomic E-state index is 0.208. The monoisotopic (exact) mass is 245 g/mol. The van der Waals surface area contributed by atoms with Crippen molar-refractivity contribution >= 4 is 7.32 Å². The van der Waals surface area contributed by atoms with Gasteiger partial charge in [-0.15, -0.1) is 0 Å². The smallest absolute Gasteiger partial charge is 0.396 e. The van der Waals surface area contributed by atoms with Crippen LogP contribution in [-0.4, -0.2) is 63.9 Å². The van der Waals surface area contributed by atoms with Gasteiger partial charge in [0.25, 0.3) is 0 Å². The van der Waals surface area contributed by atoms with Crippen molar-refractivity contribution in [3.63, 3.8) is 0 Å². The van der Waals surface area contributed by atoms with Gasteiger partial charge in [0.2, 0.25) is 0 Å². The van der Waals surface area contributed by atoms with Crippen molar-refractivity contribution in [2.24, 2.45) is 0 Å². The van der Waals surface area contributed by atoms with Crippen molar-refractivity contribution in [3.8, 4) is 0 Å². The molecule has 1 atom stereocenters. The maximum absolute atomic E-state index is 8.72. The molecule has 1 fully saturated rings. The maximum atomic E-state index is 8.72. The molecule has 5 nitrogen and oxygen atoms in total. The van der Waals surface area contributed by atoms with E-state index < -0.39 is 7.32 Å². The lowest BCUT2D eigenvalue weighted by Gasteiger charge is -2.27. The molecule has 0 amide bonds. The van der Waals surface area contributed by atoms with Gasteiger partial charge in [0.1, 0.15) is 0 Å². The van der Waals surface area contributed by atoms with Gasteiger partial charge >= 0.3 is 7.32 Å². The summed E-state index contributed by atoms with van der Waals surface area (Å²) in [5, 5.41) is 8.72.